The molecule has 0 aliphatic carbocycles. The van der Waals surface area contributed by atoms with Crippen LogP contribution in [0.2, 0.25) is 0 Å². The van der Waals surface area contributed by atoms with Crippen molar-refractivity contribution in [2.45, 2.75) is 38.0 Å². The molecule has 0 bridgehead atoms. The van der Waals surface area contributed by atoms with Gasteiger partial charge in [0.15, 0.2) is 6.10 Å². The number of halogens is 1. The van der Waals surface area contributed by atoms with E-state index in [4.69, 9.17) is 9.47 Å². The Morgan fingerprint density at radius 3 is 2.76 bits per heavy atom. The summed E-state index contributed by atoms with van der Waals surface area (Å²) in [4.78, 5) is 23.9. The first-order valence-corrected chi connectivity index (χ1v) is 9.87. The standard InChI is InChI=1S/C20H21BrN2O6/c1-3-28-18(25)11-17-20(2,23(26)27)19(13-6-4-5-7-16(13)29-17)22-14-9-8-12(21)10-15(14)24/h4-10,17,19,22,24H,3,11H2,1-2H3/t17-,19-,20-/m0/s1. The fraction of sp³-hybridized carbons (Fsp3) is 0.350. The number of hydrogen-bond donors (Lipinski definition) is 2. The van der Waals surface area contributed by atoms with Crippen LogP contribution in [0, 0.1) is 10.1 Å². The molecule has 0 amide bonds. The van der Waals surface area contributed by atoms with E-state index in [9.17, 15) is 20.0 Å². The van der Waals surface area contributed by atoms with Crippen molar-refractivity contribution in [1.82, 2.24) is 0 Å². The lowest BCUT2D eigenvalue weighted by Crippen LogP contribution is -2.59. The lowest BCUT2D eigenvalue weighted by Gasteiger charge is -2.41. The molecule has 8 nitrogen and oxygen atoms in total. The van der Waals surface area contributed by atoms with Gasteiger partial charge in [-0.1, -0.05) is 34.1 Å². The number of aromatic hydroxyl groups is 1. The number of nitro groups is 1. The number of rotatable bonds is 6. The van der Waals surface area contributed by atoms with Gasteiger partial charge in [-0.05, 0) is 31.2 Å². The monoisotopic (exact) mass is 464 g/mol. The highest BCUT2D eigenvalue weighted by molar-refractivity contribution is 9.10. The molecule has 0 fully saturated rings. The Hall–Kier alpha value is -2.81. The molecule has 3 atom stereocenters. The Morgan fingerprint density at radius 2 is 2.10 bits per heavy atom. The van der Waals surface area contributed by atoms with Gasteiger partial charge in [0.05, 0.1) is 18.7 Å². The molecule has 0 saturated carbocycles. The van der Waals surface area contributed by atoms with Crippen LogP contribution in [0.3, 0.4) is 0 Å². The van der Waals surface area contributed by atoms with Crippen LogP contribution in [0.15, 0.2) is 46.9 Å². The van der Waals surface area contributed by atoms with Crippen molar-refractivity contribution >= 4 is 27.6 Å². The predicted octanol–water partition coefficient (Wildman–Crippen LogP) is 4.06. The minimum Gasteiger partial charge on any atom is -0.506 e. The van der Waals surface area contributed by atoms with Gasteiger partial charge in [-0.25, -0.2) is 0 Å². The summed E-state index contributed by atoms with van der Waals surface area (Å²) in [6.45, 7) is 3.27. The minimum absolute atomic E-state index is 0.0593. The van der Waals surface area contributed by atoms with E-state index in [-0.39, 0.29) is 18.8 Å². The summed E-state index contributed by atoms with van der Waals surface area (Å²) in [5.74, 6) is -0.193. The van der Waals surface area contributed by atoms with Gasteiger partial charge < -0.3 is 19.9 Å². The summed E-state index contributed by atoms with van der Waals surface area (Å²) in [6, 6.07) is 10.9. The average Bonchev–Trinajstić information content (AvgIpc) is 2.66. The molecule has 0 radical (unpaired) electrons. The normalized spacial score (nSPS) is 22.9. The molecular weight excluding hydrogens is 444 g/mol. The van der Waals surface area contributed by atoms with Crippen molar-refractivity contribution < 1.29 is 24.3 Å². The molecule has 2 aromatic rings. The number of phenolic OH excluding ortho intramolecular Hbond substituents is 1. The van der Waals surface area contributed by atoms with Crippen molar-refractivity contribution in [3.63, 3.8) is 0 Å². The number of anilines is 1. The Balaban J connectivity index is 2.08. The molecule has 0 saturated heterocycles. The number of para-hydroxylation sites is 1. The van der Waals surface area contributed by atoms with Crippen LogP contribution in [0.25, 0.3) is 0 Å². The van der Waals surface area contributed by atoms with Gasteiger partial charge in [-0.2, -0.15) is 0 Å². The van der Waals surface area contributed by atoms with Crippen LogP contribution < -0.4 is 10.1 Å². The highest BCUT2D eigenvalue weighted by Gasteiger charge is 2.59. The molecule has 3 rings (SSSR count). The Kier molecular flexibility index (Phi) is 5.97. The maximum absolute atomic E-state index is 12.2. The number of esters is 1. The molecule has 0 spiro atoms. The van der Waals surface area contributed by atoms with E-state index in [0.717, 1.165) is 0 Å². The number of carbonyl (C=O) groups is 1. The zero-order valence-electron chi connectivity index (χ0n) is 15.9. The molecule has 1 aliphatic heterocycles. The summed E-state index contributed by atoms with van der Waals surface area (Å²) in [6.07, 6.45) is -1.34. The maximum Gasteiger partial charge on any atom is 0.309 e. The van der Waals surface area contributed by atoms with Crippen molar-refractivity contribution in [1.29, 1.82) is 0 Å². The molecule has 1 aliphatic rings. The molecule has 154 valence electrons. The highest BCUT2D eigenvalue weighted by atomic mass is 79.9. The smallest absolute Gasteiger partial charge is 0.309 e. The third kappa shape index (κ3) is 4.00. The van der Waals surface area contributed by atoms with E-state index in [1.807, 2.05) is 0 Å². The van der Waals surface area contributed by atoms with Crippen LogP contribution in [0.4, 0.5) is 5.69 Å². The SMILES string of the molecule is CCOC(=O)C[C@@H]1Oc2ccccc2[C@H](Nc2ccc(Br)cc2O)[C@@]1(C)[N+](=O)[O-]. The largest absolute Gasteiger partial charge is 0.506 e. The van der Waals surface area contributed by atoms with Crippen LogP contribution in [-0.4, -0.2) is 34.2 Å². The second-order valence-corrected chi connectivity index (χ2v) is 7.79. The van der Waals surface area contributed by atoms with Crippen molar-refractivity contribution in [2.75, 3.05) is 11.9 Å². The number of nitrogens with zero attached hydrogens (tertiary/aromatic N) is 1. The zero-order chi connectivity index (χ0) is 21.2. The van der Waals surface area contributed by atoms with Crippen LogP contribution in [-0.2, 0) is 9.53 Å². The first kappa shape index (κ1) is 20.9. The number of nitrogens with one attached hydrogen (secondary N) is 1. The van der Waals surface area contributed by atoms with Gasteiger partial charge in [0.1, 0.15) is 17.5 Å². The average molecular weight is 465 g/mol. The molecule has 0 unspecified atom stereocenters. The molecule has 9 heteroatoms. The summed E-state index contributed by atoms with van der Waals surface area (Å²) >= 11 is 3.28. The van der Waals surface area contributed by atoms with E-state index < -0.39 is 28.6 Å². The second-order valence-electron chi connectivity index (χ2n) is 6.88. The summed E-state index contributed by atoms with van der Waals surface area (Å²) < 4.78 is 11.5. The molecule has 0 aromatic heterocycles. The van der Waals surface area contributed by atoms with Gasteiger partial charge in [-0.3, -0.25) is 14.9 Å². The van der Waals surface area contributed by atoms with Crippen molar-refractivity contribution in [3.8, 4) is 11.5 Å². The molecular formula is C20H21BrN2O6. The summed E-state index contributed by atoms with van der Waals surface area (Å²) in [5.41, 5.74) is -0.812. The zero-order valence-corrected chi connectivity index (χ0v) is 17.5. The quantitative estimate of drug-likeness (QED) is 0.287. The molecule has 1 heterocycles. The van der Waals surface area contributed by atoms with Crippen LogP contribution >= 0.6 is 15.9 Å². The van der Waals surface area contributed by atoms with E-state index in [1.165, 1.54) is 13.0 Å². The Morgan fingerprint density at radius 1 is 1.38 bits per heavy atom. The topological polar surface area (TPSA) is 111 Å². The van der Waals surface area contributed by atoms with Crippen molar-refractivity contribution in [3.05, 3.63) is 62.6 Å². The molecule has 29 heavy (non-hydrogen) atoms. The minimum atomic E-state index is -1.71. The van der Waals surface area contributed by atoms with Gasteiger partial charge in [0, 0.05) is 21.9 Å². The number of ether oxygens (including phenoxy) is 2. The predicted molar refractivity (Wildman–Crippen MR) is 110 cm³/mol. The first-order valence-electron chi connectivity index (χ1n) is 9.08. The summed E-state index contributed by atoms with van der Waals surface area (Å²) in [7, 11) is 0. The number of fused-ring (bicyclic) bond motifs is 1. The van der Waals surface area contributed by atoms with Crippen LogP contribution in [0.5, 0.6) is 11.5 Å². The van der Waals surface area contributed by atoms with Gasteiger partial charge in [0.25, 0.3) is 5.54 Å². The number of hydrogen-bond acceptors (Lipinski definition) is 7. The summed E-state index contributed by atoms with van der Waals surface area (Å²) in [5, 5.41) is 25.6. The third-order valence-corrected chi connectivity index (χ3v) is 5.54. The van der Waals surface area contributed by atoms with E-state index in [0.29, 0.717) is 21.5 Å². The third-order valence-electron chi connectivity index (χ3n) is 5.05. The highest BCUT2D eigenvalue weighted by Crippen LogP contribution is 2.46. The maximum atomic E-state index is 12.2. The molecule has 2 N–H and O–H groups in total. The van der Waals surface area contributed by atoms with E-state index in [2.05, 4.69) is 21.2 Å². The second kappa shape index (κ2) is 8.28. The van der Waals surface area contributed by atoms with E-state index >= 15 is 0 Å². The lowest BCUT2D eigenvalue weighted by molar-refractivity contribution is -0.582. The van der Waals surface area contributed by atoms with Crippen LogP contribution in [0.1, 0.15) is 31.9 Å². The van der Waals surface area contributed by atoms with Gasteiger partial charge in [0.2, 0.25) is 0 Å². The number of benzene rings is 2. The Bertz CT molecular complexity index is 937. The Labute approximate surface area is 176 Å². The number of carbonyl (C=O) groups excluding carboxylic acids is 1. The first-order chi connectivity index (χ1) is 13.8. The van der Waals surface area contributed by atoms with Gasteiger partial charge in [-0.15, -0.1) is 0 Å². The fourth-order valence-corrected chi connectivity index (χ4v) is 3.80. The fourth-order valence-electron chi connectivity index (χ4n) is 3.45. The van der Waals surface area contributed by atoms with Crippen molar-refractivity contribution in [2.24, 2.45) is 0 Å². The lowest BCUT2D eigenvalue weighted by atomic mass is 9.78. The molecule has 2 aromatic carbocycles. The number of phenols is 1. The van der Waals surface area contributed by atoms with E-state index in [1.54, 1.807) is 43.3 Å². The van der Waals surface area contributed by atoms with Gasteiger partial charge >= 0.3 is 5.97 Å².